The highest BCUT2D eigenvalue weighted by molar-refractivity contribution is 5.69. The van der Waals surface area contributed by atoms with Gasteiger partial charge in [0.15, 0.2) is 11.6 Å². The summed E-state index contributed by atoms with van der Waals surface area (Å²) < 4.78 is 18.9. The third kappa shape index (κ3) is 2.68. The van der Waals surface area contributed by atoms with Gasteiger partial charge in [-0.1, -0.05) is 6.42 Å². The van der Waals surface area contributed by atoms with E-state index in [1.54, 1.807) is 6.07 Å². The Morgan fingerprint density at radius 3 is 2.72 bits per heavy atom. The molecule has 0 saturated heterocycles. The molecule has 1 aliphatic rings. The monoisotopic (exact) mass is 252 g/mol. The summed E-state index contributed by atoms with van der Waals surface area (Å²) in [6.45, 7) is 3.27. The van der Waals surface area contributed by atoms with Crippen LogP contribution in [0.2, 0.25) is 0 Å². The summed E-state index contributed by atoms with van der Waals surface area (Å²) >= 11 is 0. The molecule has 3 nitrogen and oxygen atoms in total. The fourth-order valence-corrected chi connectivity index (χ4v) is 2.32. The van der Waals surface area contributed by atoms with Crippen molar-refractivity contribution >= 4 is 11.4 Å². The molecule has 1 saturated carbocycles. The minimum atomic E-state index is -0.393. The first-order valence-corrected chi connectivity index (χ1v) is 6.54. The Hall–Kier alpha value is -1.45. The van der Waals surface area contributed by atoms with Crippen molar-refractivity contribution in [3.8, 4) is 5.75 Å². The number of ether oxygens (including phenoxy) is 1. The molecule has 0 spiro atoms. The van der Waals surface area contributed by atoms with Crippen molar-refractivity contribution in [3.05, 3.63) is 17.9 Å². The molecule has 1 fully saturated rings. The standard InChI is InChI=1S/C14H21FN2O/c1-3-18-14-8-13(12(16)7-11(14)15)17(2)9-10-5-4-6-10/h7-8,10H,3-6,9,16H2,1-2H3. The maximum Gasteiger partial charge on any atom is 0.167 e. The SMILES string of the molecule is CCOc1cc(N(C)CC2CCC2)c(N)cc1F. The average Bonchev–Trinajstić information content (AvgIpc) is 2.27. The summed E-state index contributed by atoms with van der Waals surface area (Å²) in [6.07, 6.45) is 3.88. The molecule has 0 radical (unpaired) electrons. The van der Waals surface area contributed by atoms with Crippen LogP contribution in [0.5, 0.6) is 5.75 Å². The van der Waals surface area contributed by atoms with Crippen LogP contribution in [0.3, 0.4) is 0 Å². The highest BCUT2D eigenvalue weighted by Gasteiger charge is 2.21. The lowest BCUT2D eigenvalue weighted by Gasteiger charge is -2.32. The summed E-state index contributed by atoms with van der Waals surface area (Å²) in [5, 5.41) is 0. The maximum absolute atomic E-state index is 13.6. The highest BCUT2D eigenvalue weighted by Crippen LogP contribution is 2.33. The molecule has 4 heteroatoms. The second-order valence-corrected chi connectivity index (χ2v) is 4.95. The average molecular weight is 252 g/mol. The predicted molar refractivity (Wildman–Crippen MR) is 72.6 cm³/mol. The van der Waals surface area contributed by atoms with Gasteiger partial charge in [0.05, 0.1) is 18.0 Å². The van der Waals surface area contributed by atoms with E-state index in [0.717, 1.165) is 18.2 Å². The number of hydrogen-bond donors (Lipinski definition) is 1. The molecule has 0 amide bonds. The second-order valence-electron chi connectivity index (χ2n) is 4.95. The molecule has 18 heavy (non-hydrogen) atoms. The van der Waals surface area contributed by atoms with E-state index >= 15 is 0 Å². The molecule has 1 aromatic rings. The van der Waals surface area contributed by atoms with E-state index in [2.05, 4.69) is 4.90 Å². The summed E-state index contributed by atoms with van der Waals surface area (Å²) in [6, 6.07) is 3.05. The third-order valence-corrected chi connectivity index (χ3v) is 3.55. The van der Waals surface area contributed by atoms with Gasteiger partial charge in [0.1, 0.15) is 0 Å². The molecular weight excluding hydrogens is 231 g/mol. The number of hydrogen-bond acceptors (Lipinski definition) is 3. The van der Waals surface area contributed by atoms with E-state index < -0.39 is 5.82 Å². The van der Waals surface area contributed by atoms with E-state index in [9.17, 15) is 4.39 Å². The maximum atomic E-state index is 13.6. The van der Waals surface area contributed by atoms with Crippen LogP contribution in [0, 0.1) is 11.7 Å². The highest BCUT2D eigenvalue weighted by atomic mass is 19.1. The zero-order valence-corrected chi connectivity index (χ0v) is 11.1. The van der Waals surface area contributed by atoms with Gasteiger partial charge in [-0.15, -0.1) is 0 Å². The first kappa shape index (κ1) is 13.0. The Labute approximate surface area is 108 Å². The number of halogens is 1. The lowest BCUT2D eigenvalue weighted by atomic mass is 9.85. The van der Waals surface area contributed by atoms with E-state index in [-0.39, 0.29) is 5.75 Å². The van der Waals surface area contributed by atoms with Gasteiger partial charge in [0, 0.05) is 25.7 Å². The van der Waals surface area contributed by atoms with Crippen molar-refractivity contribution in [3.63, 3.8) is 0 Å². The van der Waals surface area contributed by atoms with E-state index in [0.29, 0.717) is 12.3 Å². The lowest BCUT2D eigenvalue weighted by molar-refractivity contribution is 0.318. The smallest absolute Gasteiger partial charge is 0.167 e. The summed E-state index contributed by atoms with van der Waals surface area (Å²) in [4.78, 5) is 2.10. The molecule has 1 aromatic carbocycles. The molecule has 2 N–H and O–H groups in total. The van der Waals surface area contributed by atoms with Crippen LogP contribution in [0.4, 0.5) is 15.8 Å². The van der Waals surface area contributed by atoms with Crippen molar-refractivity contribution in [2.24, 2.45) is 5.92 Å². The van der Waals surface area contributed by atoms with Gasteiger partial charge in [-0.25, -0.2) is 4.39 Å². The molecule has 0 atom stereocenters. The van der Waals surface area contributed by atoms with Gasteiger partial charge in [-0.2, -0.15) is 0 Å². The van der Waals surface area contributed by atoms with Crippen LogP contribution < -0.4 is 15.4 Å². The molecule has 0 bridgehead atoms. The zero-order chi connectivity index (χ0) is 13.1. The van der Waals surface area contributed by atoms with E-state index in [4.69, 9.17) is 10.5 Å². The topological polar surface area (TPSA) is 38.5 Å². The molecule has 0 unspecified atom stereocenters. The Morgan fingerprint density at radius 1 is 1.44 bits per heavy atom. The van der Waals surface area contributed by atoms with Crippen LogP contribution in [0.25, 0.3) is 0 Å². The molecule has 0 aliphatic heterocycles. The quantitative estimate of drug-likeness (QED) is 0.819. The van der Waals surface area contributed by atoms with Gasteiger partial charge < -0.3 is 15.4 Å². The number of anilines is 2. The van der Waals surface area contributed by atoms with Gasteiger partial charge >= 0.3 is 0 Å². The number of nitrogen functional groups attached to an aromatic ring is 1. The summed E-state index contributed by atoms with van der Waals surface area (Å²) in [7, 11) is 2.00. The van der Waals surface area contributed by atoms with Gasteiger partial charge in [0.2, 0.25) is 0 Å². The molecular formula is C14H21FN2O. The molecule has 2 rings (SSSR count). The minimum absolute atomic E-state index is 0.280. The predicted octanol–water partition coefficient (Wildman–Crippen LogP) is 3.04. The van der Waals surface area contributed by atoms with Crippen LogP contribution in [-0.4, -0.2) is 20.2 Å². The zero-order valence-electron chi connectivity index (χ0n) is 11.1. The van der Waals surface area contributed by atoms with Crippen LogP contribution >= 0.6 is 0 Å². The molecule has 100 valence electrons. The summed E-state index contributed by atoms with van der Waals surface area (Å²) in [5.74, 6) is 0.632. The first-order valence-electron chi connectivity index (χ1n) is 6.54. The minimum Gasteiger partial charge on any atom is -0.491 e. The fourth-order valence-electron chi connectivity index (χ4n) is 2.32. The third-order valence-electron chi connectivity index (χ3n) is 3.55. The summed E-state index contributed by atoms with van der Waals surface area (Å²) in [5.41, 5.74) is 7.21. The number of rotatable bonds is 5. The second kappa shape index (κ2) is 5.46. The largest absolute Gasteiger partial charge is 0.491 e. The lowest BCUT2D eigenvalue weighted by Crippen LogP contribution is -2.29. The Kier molecular flexibility index (Phi) is 3.94. The van der Waals surface area contributed by atoms with Gasteiger partial charge in [-0.05, 0) is 25.7 Å². The van der Waals surface area contributed by atoms with Crippen molar-refractivity contribution in [2.75, 3.05) is 30.8 Å². The van der Waals surface area contributed by atoms with Crippen LogP contribution in [0.15, 0.2) is 12.1 Å². The van der Waals surface area contributed by atoms with E-state index in [1.807, 2.05) is 14.0 Å². The van der Waals surface area contributed by atoms with Gasteiger partial charge in [0.25, 0.3) is 0 Å². The van der Waals surface area contributed by atoms with Crippen molar-refractivity contribution in [1.29, 1.82) is 0 Å². The fraction of sp³-hybridized carbons (Fsp3) is 0.571. The van der Waals surface area contributed by atoms with E-state index in [1.165, 1.54) is 25.3 Å². The Bertz CT molecular complexity index is 419. The Balaban J connectivity index is 2.16. The normalized spacial score (nSPS) is 15.3. The molecule has 1 aliphatic carbocycles. The molecule has 0 heterocycles. The van der Waals surface area contributed by atoms with Crippen molar-refractivity contribution in [1.82, 2.24) is 0 Å². The van der Waals surface area contributed by atoms with Crippen LogP contribution in [-0.2, 0) is 0 Å². The Morgan fingerprint density at radius 2 is 2.17 bits per heavy atom. The van der Waals surface area contributed by atoms with Crippen molar-refractivity contribution < 1.29 is 9.13 Å². The number of nitrogens with two attached hydrogens (primary N) is 1. The first-order chi connectivity index (χ1) is 8.61. The molecule has 0 aromatic heterocycles. The van der Waals surface area contributed by atoms with Crippen LogP contribution in [0.1, 0.15) is 26.2 Å². The van der Waals surface area contributed by atoms with Crippen molar-refractivity contribution in [2.45, 2.75) is 26.2 Å². The number of benzene rings is 1. The van der Waals surface area contributed by atoms with Gasteiger partial charge in [-0.3, -0.25) is 0 Å². The number of nitrogens with zero attached hydrogens (tertiary/aromatic N) is 1.